The fraction of sp³-hybridized carbons (Fsp3) is 0.240. The lowest BCUT2D eigenvalue weighted by atomic mass is 10.00. The highest BCUT2D eigenvalue weighted by atomic mass is 16.7. The molecule has 0 fully saturated rings. The highest BCUT2D eigenvalue weighted by Crippen LogP contribution is 2.26. The van der Waals surface area contributed by atoms with Gasteiger partial charge in [0.25, 0.3) is 0 Å². The van der Waals surface area contributed by atoms with Crippen molar-refractivity contribution in [2.75, 3.05) is 6.79 Å². The van der Waals surface area contributed by atoms with Gasteiger partial charge >= 0.3 is 5.97 Å². The number of benzene rings is 3. The van der Waals surface area contributed by atoms with Crippen molar-refractivity contribution in [3.05, 3.63) is 78.4 Å². The van der Waals surface area contributed by atoms with Gasteiger partial charge in [-0.25, -0.2) is 0 Å². The molecule has 0 aliphatic heterocycles. The fourth-order valence-corrected chi connectivity index (χ4v) is 2.81. The minimum atomic E-state index is -0.229. The number of esters is 1. The van der Waals surface area contributed by atoms with Crippen LogP contribution in [0.5, 0.6) is 5.75 Å². The highest BCUT2D eigenvalue weighted by Gasteiger charge is 2.11. The van der Waals surface area contributed by atoms with E-state index in [2.05, 4.69) is 55.5 Å². The molecule has 0 aliphatic rings. The predicted molar refractivity (Wildman–Crippen MR) is 113 cm³/mol. The molecule has 0 spiro atoms. The third kappa shape index (κ3) is 5.01. The minimum Gasteiger partial charge on any atom is -0.457 e. The van der Waals surface area contributed by atoms with Crippen molar-refractivity contribution < 1.29 is 14.3 Å². The maximum atomic E-state index is 11.6. The quantitative estimate of drug-likeness (QED) is 0.362. The summed E-state index contributed by atoms with van der Waals surface area (Å²) in [5, 5.41) is 0. The zero-order valence-electron chi connectivity index (χ0n) is 16.6. The lowest BCUT2D eigenvalue weighted by molar-refractivity contribution is -0.154. The lowest BCUT2D eigenvalue weighted by Crippen LogP contribution is -2.17. The van der Waals surface area contributed by atoms with Gasteiger partial charge in [-0.3, -0.25) is 4.79 Å². The van der Waals surface area contributed by atoms with E-state index in [9.17, 15) is 4.79 Å². The van der Waals surface area contributed by atoms with Crippen LogP contribution in [0.3, 0.4) is 0 Å². The van der Waals surface area contributed by atoms with Gasteiger partial charge in [-0.05, 0) is 47.7 Å². The first-order chi connectivity index (χ1) is 13.6. The lowest BCUT2D eigenvalue weighted by Gasteiger charge is -2.11. The predicted octanol–water partition coefficient (Wildman–Crippen LogP) is 6.25. The van der Waals surface area contributed by atoms with Crippen LogP contribution in [-0.4, -0.2) is 12.8 Å². The van der Waals surface area contributed by atoms with Crippen molar-refractivity contribution in [1.29, 1.82) is 0 Å². The van der Waals surface area contributed by atoms with Crippen molar-refractivity contribution in [3.8, 4) is 28.0 Å². The van der Waals surface area contributed by atoms with E-state index in [0.717, 1.165) is 17.5 Å². The first-order valence-electron chi connectivity index (χ1n) is 9.64. The largest absolute Gasteiger partial charge is 0.457 e. The van der Waals surface area contributed by atoms with E-state index in [1.54, 1.807) is 0 Å². The third-order valence-corrected chi connectivity index (χ3v) is 4.90. The van der Waals surface area contributed by atoms with Crippen LogP contribution < -0.4 is 4.74 Å². The third-order valence-electron chi connectivity index (χ3n) is 4.90. The number of rotatable bonds is 7. The molecule has 0 bridgehead atoms. The number of ether oxygens (including phenoxy) is 2. The van der Waals surface area contributed by atoms with Gasteiger partial charge in [-0.15, -0.1) is 0 Å². The average molecular weight is 374 g/mol. The van der Waals surface area contributed by atoms with E-state index in [1.807, 2.05) is 38.1 Å². The summed E-state index contributed by atoms with van der Waals surface area (Å²) in [5.74, 6) is 0.346. The second-order valence-electron chi connectivity index (χ2n) is 7.00. The maximum Gasteiger partial charge on any atom is 0.311 e. The summed E-state index contributed by atoms with van der Waals surface area (Å²) in [6, 6.07) is 24.9. The fourth-order valence-electron chi connectivity index (χ4n) is 2.81. The summed E-state index contributed by atoms with van der Waals surface area (Å²) < 4.78 is 10.6. The molecule has 0 heterocycles. The zero-order chi connectivity index (χ0) is 19.9. The Morgan fingerprint density at radius 2 is 1.21 bits per heavy atom. The van der Waals surface area contributed by atoms with Gasteiger partial charge in [0, 0.05) is 0 Å². The van der Waals surface area contributed by atoms with Crippen LogP contribution in [0, 0.1) is 12.8 Å². The molecule has 0 N–H and O–H groups in total. The van der Waals surface area contributed by atoms with E-state index in [1.165, 1.54) is 16.7 Å². The van der Waals surface area contributed by atoms with E-state index < -0.39 is 0 Å². The molecule has 0 amide bonds. The van der Waals surface area contributed by atoms with Gasteiger partial charge < -0.3 is 9.47 Å². The molecule has 3 rings (SSSR count). The second-order valence-corrected chi connectivity index (χ2v) is 7.00. The summed E-state index contributed by atoms with van der Waals surface area (Å²) in [6.07, 6.45) is 0.760. The summed E-state index contributed by atoms with van der Waals surface area (Å²) in [4.78, 5) is 11.6. The number of hydrogen-bond acceptors (Lipinski definition) is 3. The van der Waals surface area contributed by atoms with E-state index in [-0.39, 0.29) is 18.7 Å². The number of hydrogen-bond donors (Lipinski definition) is 0. The van der Waals surface area contributed by atoms with E-state index >= 15 is 0 Å². The molecular formula is C25H26O3. The Kier molecular flexibility index (Phi) is 6.49. The van der Waals surface area contributed by atoms with Crippen LogP contribution in [0.25, 0.3) is 22.3 Å². The van der Waals surface area contributed by atoms with Crippen LogP contribution in [0.4, 0.5) is 0 Å². The minimum absolute atomic E-state index is 0.0617. The Morgan fingerprint density at radius 3 is 1.68 bits per heavy atom. The molecule has 0 radical (unpaired) electrons. The van der Waals surface area contributed by atoms with Crippen molar-refractivity contribution in [1.82, 2.24) is 0 Å². The van der Waals surface area contributed by atoms with Crippen LogP contribution in [0.2, 0.25) is 0 Å². The van der Waals surface area contributed by atoms with E-state index in [0.29, 0.717) is 5.75 Å². The highest BCUT2D eigenvalue weighted by molar-refractivity contribution is 5.72. The van der Waals surface area contributed by atoms with Crippen molar-refractivity contribution >= 4 is 5.97 Å². The molecule has 0 saturated carbocycles. The molecule has 28 heavy (non-hydrogen) atoms. The standard InChI is InChI=1S/C25H26O3/c1-4-19(3)25(26)28-17-27-24-15-13-23(14-16-24)22-11-9-21(10-12-22)20-7-5-18(2)6-8-20/h5-16,19H,4,17H2,1-3H3. The van der Waals surface area contributed by atoms with Gasteiger partial charge in [-0.2, -0.15) is 0 Å². The zero-order valence-corrected chi connectivity index (χ0v) is 16.6. The summed E-state index contributed by atoms with van der Waals surface area (Å²) >= 11 is 0. The summed E-state index contributed by atoms with van der Waals surface area (Å²) in [5.41, 5.74) is 5.93. The monoisotopic (exact) mass is 374 g/mol. The molecule has 144 valence electrons. The normalized spacial score (nSPS) is 11.7. The number of carbonyl (C=O) groups excluding carboxylic acids is 1. The first-order valence-corrected chi connectivity index (χ1v) is 9.64. The molecule has 3 nitrogen and oxygen atoms in total. The molecule has 1 atom stereocenters. The molecular weight excluding hydrogens is 348 g/mol. The smallest absolute Gasteiger partial charge is 0.311 e. The van der Waals surface area contributed by atoms with Crippen molar-refractivity contribution in [3.63, 3.8) is 0 Å². The Labute approximate surface area is 166 Å². The molecule has 1 unspecified atom stereocenters. The summed E-state index contributed by atoms with van der Waals surface area (Å²) in [6.45, 7) is 5.84. The molecule has 0 aromatic heterocycles. The second kappa shape index (κ2) is 9.23. The van der Waals surface area contributed by atoms with Gasteiger partial charge in [-0.1, -0.05) is 80.1 Å². The molecule has 3 aromatic rings. The molecule has 3 aromatic carbocycles. The van der Waals surface area contributed by atoms with Gasteiger partial charge in [0.1, 0.15) is 5.75 Å². The van der Waals surface area contributed by atoms with Crippen LogP contribution >= 0.6 is 0 Å². The Hall–Kier alpha value is -3.07. The Morgan fingerprint density at radius 1 is 0.786 bits per heavy atom. The topological polar surface area (TPSA) is 35.5 Å². The van der Waals surface area contributed by atoms with Crippen LogP contribution in [0.15, 0.2) is 72.8 Å². The van der Waals surface area contributed by atoms with Crippen molar-refractivity contribution in [2.24, 2.45) is 5.92 Å². The Balaban J connectivity index is 1.60. The molecule has 0 saturated heterocycles. The number of aryl methyl sites for hydroxylation is 1. The Bertz CT molecular complexity index is 894. The SMILES string of the molecule is CCC(C)C(=O)OCOc1ccc(-c2ccc(-c3ccc(C)cc3)cc2)cc1. The van der Waals surface area contributed by atoms with E-state index in [4.69, 9.17) is 9.47 Å². The molecule has 3 heteroatoms. The number of carbonyl (C=O) groups is 1. The molecule has 0 aliphatic carbocycles. The van der Waals surface area contributed by atoms with Crippen molar-refractivity contribution in [2.45, 2.75) is 27.2 Å². The van der Waals surface area contributed by atoms with Gasteiger partial charge in [0.15, 0.2) is 0 Å². The van der Waals surface area contributed by atoms with Gasteiger partial charge in [0.2, 0.25) is 6.79 Å². The van der Waals surface area contributed by atoms with Gasteiger partial charge in [0.05, 0.1) is 5.92 Å². The first kappa shape index (κ1) is 19.7. The average Bonchev–Trinajstić information content (AvgIpc) is 2.74. The maximum absolute atomic E-state index is 11.6. The van der Waals surface area contributed by atoms with Crippen LogP contribution in [0.1, 0.15) is 25.8 Å². The van der Waals surface area contributed by atoms with Crippen LogP contribution in [-0.2, 0) is 9.53 Å². The summed E-state index contributed by atoms with van der Waals surface area (Å²) in [7, 11) is 0.